The zero-order valence-electron chi connectivity index (χ0n) is 12.3. The maximum atomic E-state index is 12.5. The van der Waals surface area contributed by atoms with Crippen molar-refractivity contribution in [1.82, 2.24) is 0 Å². The molecule has 20 heavy (non-hydrogen) atoms. The number of ketones is 1. The molecule has 0 spiro atoms. The summed E-state index contributed by atoms with van der Waals surface area (Å²) in [6, 6.07) is 6.92. The lowest BCUT2D eigenvalue weighted by Gasteiger charge is -2.14. The van der Waals surface area contributed by atoms with Gasteiger partial charge in [-0.05, 0) is 32.4 Å². The number of hydrogen-bond donors (Lipinski definition) is 0. The van der Waals surface area contributed by atoms with Gasteiger partial charge in [-0.3, -0.25) is 9.59 Å². The Morgan fingerprint density at radius 1 is 1.15 bits per heavy atom. The summed E-state index contributed by atoms with van der Waals surface area (Å²) in [5.41, 5.74) is 0.488. The van der Waals surface area contributed by atoms with Gasteiger partial charge in [-0.2, -0.15) is 0 Å². The van der Waals surface area contributed by atoms with Gasteiger partial charge >= 0.3 is 5.97 Å². The van der Waals surface area contributed by atoms with E-state index in [1.54, 1.807) is 31.2 Å². The summed E-state index contributed by atoms with van der Waals surface area (Å²) in [5, 5.41) is 0. The second-order valence-electron chi connectivity index (χ2n) is 4.42. The van der Waals surface area contributed by atoms with E-state index in [2.05, 4.69) is 0 Å². The predicted octanol–water partition coefficient (Wildman–Crippen LogP) is 3.25. The monoisotopic (exact) mass is 278 g/mol. The summed E-state index contributed by atoms with van der Waals surface area (Å²) in [4.78, 5) is 24.3. The minimum atomic E-state index is -0.725. The first-order chi connectivity index (χ1) is 9.63. The van der Waals surface area contributed by atoms with Gasteiger partial charge in [-0.1, -0.05) is 25.5 Å². The van der Waals surface area contributed by atoms with Crippen LogP contribution in [0.4, 0.5) is 0 Å². The fraction of sp³-hybridized carbons (Fsp3) is 0.500. The van der Waals surface area contributed by atoms with Crippen LogP contribution in [0, 0.1) is 5.92 Å². The fourth-order valence-corrected chi connectivity index (χ4v) is 1.99. The molecule has 0 aliphatic rings. The van der Waals surface area contributed by atoms with E-state index in [0.717, 1.165) is 6.42 Å². The molecule has 0 radical (unpaired) electrons. The summed E-state index contributed by atoms with van der Waals surface area (Å²) < 4.78 is 10.4. The highest BCUT2D eigenvalue weighted by Gasteiger charge is 2.28. The van der Waals surface area contributed by atoms with E-state index in [-0.39, 0.29) is 12.4 Å². The van der Waals surface area contributed by atoms with E-state index in [0.29, 0.717) is 24.3 Å². The van der Waals surface area contributed by atoms with Crippen molar-refractivity contribution in [3.8, 4) is 5.75 Å². The molecule has 0 amide bonds. The Bertz CT molecular complexity index is 454. The zero-order chi connectivity index (χ0) is 15.0. The van der Waals surface area contributed by atoms with Gasteiger partial charge in [0.05, 0.1) is 13.2 Å². The van der Waals surface area contributed by atoms with Crippen LogP contribution in [0.15, 0.2) is 24.3 Å². The largest absolute Gasteiger partial charge is 0.494 e. The first-order valence-electron chi connectivity index (χ1n) is 7.07. The number of Topliss-reactive ketones (excluding diaryl/α,β-unsaturated/α-hetero) is 1. The van der Waals surface area contributed by atoms with Gasteiger partial charge in [0.2, 0.25) is 0 Å². The molecule has 1 aromatic rings. The average molecular weight is 278 g/mol. The smallest absolute Gasteiger partial charge is 0.316 e. The predicted molar refractivity (Wildman–Crippen MR) is 77.0 cm³/mol. The average Bonchev–Trinajstić information content (AvgIpc) is 2.45. The molecule has 4 heteroatoms. The summed E-state index contributed by atoms with van der Waals surface area (Å²) in [6.45, 7) is 6.38. The van der Waals surface area contributed by atoms with E-state index >= 15 is 0 Å². The summed E-state index contributed by atoms with van der Waals surface area (Å²) >= 11 is 0. The quantitative estimate of drug-likeness (QED) is 0.416. The molecular weight excluding hydrogens is 256 g/mol. The summed E-state index contributed by atoms with van der Waals surface area (Å²) in [6.07, 6.45) is 1.25. The SMILES string of the molecule is CCCC(C(=O)OCC)C(=O)c1cccc(OCC)c1. The second-order valence-corrected chi connectivity index (χ2v) is 4.42. The molecule has 110 valence electrons. The van der Waals surface area contributed by atoms with Crippen molar-refractivity contribution in [3.05, 3.63) is 29.8 Å². The Morgan fingerprint density at radius 3 is 2.50 bits per heavy atom. The molecule has 0 aliphatic heterocycles. The van der Waals surface area contributed by atoms with Crippen LogP contribution in [0.1, 0.15) is 44.0 Å². The normalized spacial score (nSPS) is 11.8. The van der Waals surface area contributed by atoms with Crippen molar-refractivity contribution in [2.75, 3.05) is 13.2 Å². The lowest BCUT2D eigenvalue weighted by molar-refractivity contribution is -0.146. The summed E-state index contributed by atoms with van der Waals surface area (Å²) in [7, 11) is 0. The van der Waals surface area contributed by atoms with E-state index in [1.807, 2.05) is 13.8 Å². The highest BCUT2D eigenvalue weighted by molar-refractivity contribution is 6.08. The minimum Gasteiger partial charge on any atom is -0.494 e. The molecule has 0 bridgehead atoms. The van der Waals surface area contributed by atoms with E-state index < -0.39 is 11.9 Å². The minimum absolute atomic E-state index is 0.202. The molecule has 1 rings (SSSR count). The van der Waals surface area contributed by atoms with Crippen molar-refractivity contribution in [2.45, 2.75) is 33.6 Å². The molecule has 0 fully saturated rings. The molecule has 1 unspecified atom stereocenters. The molecule has 1 atom stereocenters. The van der Waals surface area contributed by atoms with Gasteiger partial charge in [-0.25, -0.2) is 0 Å². The van der Waals surface area contributed by atoms with Crippen molar-refractivity contribution < 1.29 is 19.1 Å². The van der Waals surface area contributed by atoms with Gasteiger partial charge in [0, 0.05) is 5.56 Å². The van der Waals surface area contributed by atoms with Crippen LogP contribution < -0.4 is 4.74 Å². The molecule has 4 nitrogen and oxygen atoms in total. The van der Waals surface area contributed by atoms with Crippen molar-refractivity contribution in [2.24, 2.45) is 5.92 Å². The van der Waals surface area contributed by atoms with E-state index in [1.165, 1.54) is 0 Å². The van der Waals surface area contributed by atoms with Crippen LogP contribution in [0.25, 0.3) is 0 Å². The Hall–Kier alpha value is -1.84. The maximum absolute atomic E-state index is 12.5. The van der Waals surface area contributed by atoms with Gasteiger partial charge in [0.25, 0.3) is 0 Å². The number of esters is 1. The third-order valence-corrected chi connectivity index (χ3v) is 2.89. The molecule has 0 N–H and O–H groups in total. The van der Waals surface area contributed by atoms with Crippen LogP contribution in [0.3, 0.4) is 0 Å². The van der Waals surface area contributed by atoms with Crippen LogP contribution in [0.5, 0.6) is 5.75 Å². The lowest BCUT2D eigenvalue weighted by atomic mass is 9.93. The number of ether oxygens (including phenoxy) is 2. The van der Waals surface area contributed by atoms with Gasteiger partial charge in [0.1, 0.15) is 11.7 Å². The van der Waals surface area contributed by atoms with Crippen LogP contribution in [0.2, 0.25) is 0 Å². The van der Waals surface area contributed by atoms with E-state index in [9.17, 15) is 9.59 Å². The topological polar surface area (TPSA) is 52.6 Å². The van der Waals surface area contributed by atoms with Crippen LogP contribution in [-0.4, -0.2) is 25.0 Å². The first-order valence-corrected chi connectivity index (χ1v) is 7.07. The number of carbonyl (C=O) groups is 2. The van der Waals surface area contributed by atoms with Crippen molar-refractivity contribution >= 4 is 11.8 Å². The number of rotatable bonds is 8. The van der Waals surface area contributed by atoms with E-state index in [4.69, 9.17) is 9.47 Å². The second kappa shape index (κ2) is 8.35. The standard InChI is InChI=1S/C16H22O4/c1-4-8-14(16(18)20-6-3)15(17)12-9-7-10-13(11-12)19-5-2/h7,9-11,14H,4-6,8H2,1-3H3. The maximum Gasteiger partial charge on any atom is 0.316 e. The highest BCUT2D eigenvalue weighted by Crippen LogP contribution is 2.20. The lowest BCUT2D eigenvalue weighted by Crippen LogP contribution is -2.26. The molecule has 0 saturated carbocycles. The molecule has 1 aromatic carbocycles. The van der Waals surface area contributed by atoms with Crippen molar-refractivity contribution in [3.63, 3.8) is 0 Å². The molecule has 0 heterocycles. The number of carbonyl (C=O) groups excluding carboxylic acids is 2. The molecule has 0 aromatic heterocycles. The van der Waals surface area contributed by atoms with Crippen LogP contribution >= 0.6 is 0 Å². The summed E-state index contributed by atoms with van der Waals surface area (Å²) in [5.74, 6) is -0.734. The Labute approximate surface area is 120 Å². The van der Waals surface area contributed by atoms with Crippen molar-refractivity contribution in [1.29, 1.82) is 0 Å². The molecular formula is C16H22O4. The van der Waals surface area contributed by atoms with Gasteiger partial charge < -0.3 is 9.47 Å². The van der Waals surface area contributed by atoms with Gasteiger partial charge in [-0.15, -0.1) is 0 Å². The Kier molecular flexibility index (Phi) is 6.77. The third kappa shape index (κ3) is 4.37. The fourth-order valence-electron chi connectivity index (χ4n) is 1.99. The first kappa shape index (κ1) is 16.2. The van der Waals surface area contributed by atoms with Gasteiger partial charge in [0.15, 0.2) is 5.78 Å². The Morgan fingerprint density at radius 2 is 1.90 bits per heavy atom. The highest BCUT2D eigenvalue weighted by atomic mass is 16.5. The number of benzene rings is 1. The van der Waals surface area contributed by atoms with Crippen LogP contribution in [-0.2, 0) is 9.53 Å². The third-order valence-electron chi connectivity index (χ3n) is 2.89. The Balaban J connectivity index is 2.93. The zero-order valence-corrected chi connectivity index (χ0v) is 12.3. The molecule has 0 saturated heterocycles. The molecule has 0 aliphatic carbocycles. The number of hydrogen-bond acceptors (Lipinski definition) is 4.